The van der Waals surface area contributed by atoms with Crippen molar-refractivity contribution in [1.29, 1.82) is 0 Å². The zero-order chi connectivity index (χ0) is 26.0. The number of benzene rings is 2. The third-order valence-electron chi connectivity index (χ3n) is 6.46. The first-order valence-corrected chi connectivity index (χ1v) is 12.1. The number of unbranched alkanes of at least 4 members (excludes halogenated alkanes) is 1. The number of carbonyl (C=O) groups excluding carboxylic acids is 3. The van der Waals surface area contributed by atoms with Gasteiger partial charge in [0.15, 0.2) is 5.69 Å². The Morgan fingerprint density at radius 1 is 0.944 bits per heavy atom. The molecule has 1 aliphatic heterocycles. The molecule has 3 aromatic rings. The van der Waals surface area contributed by atoms with Crippen LogP contribution in [0.3, 0.4) is 0 Å². The third kappa shape index (κ3) is 4.30. The van der Waals surface area contributed by atoms with E-state index in [-0.39, 0.29) is 37.4 Å². The fourth-order valence-corrected chi connectivity index (χ4v) is 4.64. The van der Waals surface area contributed by atoms with Crippen molar-refractivity contribution in [2.75, 3.05) is 23.7 Å². The van der Waals surface area contributed by atoms with Gasteiger partial charge in [-0.1, -0.05) is 37.6 Å². The molecule has 0 radical (unpaired) electrons. The van der Waals surface area contributed by atoms with Gasteiger partial charge in [0, 0.05) is 42.6 Å². The number of imide groups is 1. The Balaban J connectivity index is 1.51. The summed E-state index contributed by atoms with van der Waals surface area (Å²) >= 11 is 0. The first kappa shape index (κ1) is 24.9. The summed E-state index contributed by atoms with van der Waals surface area (Å²) in [6, 6.07) is 10.7. The Hall–Kier alpha value is -4.21. The van der Waals surface area contributed by atoms with E-state index in [4.69, 9.17) is 5.73 Å². The maximum atomic E-state index is 13.1. The summed E-state index contributed by atoms with van der Waals surface area (Å²) in [5.41, 5.74) is 5.66. The van der Waals surface area contributed by atoms with Crippen LogP contribution in [0.25, 0.3) is 10.8 Å². The van der Waals surface area contributed by atoms with Crippen LogP contribution in [-0.2, 0) is 11.3 Å². The fraction of sp³-hybridized carbons (Fsp3) is 0.346. The molecule has 0 saturated heterocycles. The SMILES string of the molecule is CCCCn1c(N)c(N(CC)C(=O)CCCN2C(=O)c3cccc4cccc(c34)C2=O)c(=O)[nH]c1=O. The number of nitrogen functional groups attached to an aromatic ring is 1. The lowest BCUT2D eigenvalue weighted by molar-refractivity contribution is -0.118. The van der Waals surface area contributed by atoms with E-state index in [0.717, 1.165) is 16.7 Å². The van der Waals surface area contributed by atoms with E-state index < -0.39 is 29.0 Å². The first-order valence-electron chi connectivity index (χ1n) is 12.1. The average Bonchev–Trinajstić information content (AvgIpc) is 2.86. The minimum Gasteiger partial charge on any atom is -0.383 e. The summed E-state index contributed by atoms with van der Waals surface area (Å²) in [7, 11) is 0. The molecule has 188 valence electrons. The Kier molecular flexibility index (Phi) is 7.05. The molecule has 10 nitrogen and oxygen atoms in total. The van der Waals surface area contributed by atoms with Crippen LogP contribution in [0.2, 0.25) is 0 Å². The zero-order valence-corrected chi connectivity index (χ0v) is 20.4. The lowest BCUT2D eigenvalue weighted by Gasteiger charge is -2.27. The highest BCUT2D eigenvalue weighted by Crippen LogP contribution is 2.30. The summed E-state index contributed by atoms with van der Waals surface area (Å²) < 4.78 is 1.26. The second-order valence-corrected chi connectivity index (χ2v) is 8.71. The minimum absolute atomic E-state index is 0.0241. The van der Waals surface area contributed by atoms with E-state index in [1.165, 1.54) is 9.47 Å². The molecule has 0 aliphatic carbocycles. The molecule has 0 bridgehead atoms. The molecule has 10 heteroatoms. The van der Waals surface area contributed by atoms with Crippen molar-refractivity contribution >= 4 is 40.0 Å². The Labute approximate surface area is 207 Å². The molecular formula is C26H29N5O5. The Morgan fingerprint density at radius 3 is 2.17 bits per heavy atom. The van der Waals surface area contributed by atoms with Crippen molar-refractivity contribution in [3.8, 4) is 0 Å². The standard InChI is InChI=1S/C26H29N5O5/c1-3-5-14-30-22(27)21(23(33)28-26(30)36)29(4-2)19(32)13-8-15-31-24(34)17-11-6-9-16-10-7-12-18(20(16)17)25(31)35/h6-7,9-12H,3-5,8,13-15,27H2,1-2H3,(H,28,33,36). The number of nitrogens with zero attached hydrogens (tertiary/aromatic N) is 3. The van der Waals surface area contributed by atoms with Crippen molar-refractivity contribution in [3.63, 3.8) is 0 Å². The van der Waals surface area contributed by atoms with Crippen LogP contribution >= 0.6 is 0 Å². The predicted molar refractivity (Wildman–Crippen MR) is 137 cm³/mol. The van der Waals surface area contributed by atoms with Crippen LogP contribution in [0.5, 0.6) is 0 Å². The van der Waals surface area contributed by atoms with Gasteiger partial charge >= 0.3 is 5.69 Å². The number of anilines is 2. The number of aromatic nitrogens is 2. The van der Waals surface area contributed by atoms with Crippen LogP contribution in [0, 0.1) is 0 Å². The van der Waals surface area contributed by atoms with Gasteiger partial charge in [0.2, 0.25) is 5.91 Å². The van der Waals surface area contributed by atoms with E-state index in [2.05, 4.69) is 4.98 Å². The lowest BCUT2D eigenvalue weighted by atomic mass is 9.94. The van der Waals surface area contributed by atoms with Crippen LogP contribution in [0.1, 0.15) is 60.2 Å². The number of hydrogen-bond acceptors (Lipinski definition) is 6. The number of H-pyrrole nitrogens is 1. The quantitative estimate of drug-likeness (QED) is 0.441. The molecule has 1 aromatic heterocycles. The Bertz CT molecular complexity index is 1420. The molecule has 3 amide bonds. The molecule has 0 spiro atoms. The first-order chi connectivity index (χ1) is 17.3. The van der Waals surface area contributed by atoms with Gasteiger partial charge in [-0.3, -0.25) is 33.6 Å². The van der Waals surface area contributed by atoms with Crippen LogP contribution in [0.4, 0.5) is 11.5 Å². The van der Waals surface area contributed by atoms with E-state index in [0.29, 0.717) is 29.5 Å². The van der Waals surface area contributed by atoms with Crippen LogP contribution in [-0.4, -0.2) is 45.3 Å². The van der Waals surface area contributed by atoms with Gasteiger partial charge < -0.3 is 10.6 Å². The number of nitrogens with one attached hydrogen (secondary N) is 1. The smallest absolute Gasteiger partial charge is 0.330 e. The minimum atomic E-state index is -0.730. The average molecular weight is 492 g/mol. The summed E-state index contributed by atoms with van der Waals surface area (Å²) in [5, 5.41) is 1.47. The molecule has 0 atom stereocenters. The number of hydrogen-bond donors (Lipinski definition) is 2. The monoisotopic (exact) mass is 491 g/mol. The normalized spacial score (nSPS) is 12.9. The number of amides is 3. The van der Waals surface area contributed by atoms with Gasteiger partial charge in [0.1, 0.15) is 5.82 Å². The summed E-state index contributed by atoms with van der Waals surface area (Å²) in [5.74, 6) is -1.24. The number of aromatic amines is 1. The van der Waals surface area contributed by atoms with Gasteiger partial charge in [0.25, 0.3) is 17.4 Å². The number of rotatable bonds is 9. The van der Waals surface area contributed by atoms with Crippen molar-refractivity contribution in [3.05, 3.63) is 68.4 Å². The molecular weight excluding hydrogens is 462 g/mol. The van der Waals surface area contributed by atoms with Crippen molar-refractivity contribution < 1.29 is 14.4 Å². The van der Waals surface area contributed by atoms with E-state index in [9.17, 15) is 24.0 Å². The molecule has 36 heavy (non-hydrogen) atoms. The highest BCUT2D eigenvalue weighted by molar-refractivity contribution is 6.25. The largest absolute Gasteiger partial charge is 0.383 e. The van der Waals surface area contributed by atoms with Gasteiger partial charge in [-0.25, -0.2) is 4.79 Å². The summed E-state index contributed by atoms with van der Waals surface area (Å²) in [6.45, 7) is 4.20. The topological polar surface area (TPSA) is 139 Å². The van der Waals surface area contributed by atoms with Crippen molar-refractivity contribution in [2.45, 2.75) is 46.1 Å². The predicted octanol–water partition coefficient (Wildman–Crippen LogP) is 2.50. The highest BCUT2D eigenvalue weighted by atomic mass is 16.2. The second kappa shape index (κ2) is 10.2. The molecule has 0 unspecified atom stereocenters. The molecule has 3 N–H and O–H groups in total. The van der Waals surface area contributed by atoms with Crippen LogP contribution in [0.15, 0.2) is 46.0 Å². The zero-order valence-electron chi connectivity index (χ0n) is 20.4. The molecule has 0 saturated carbocycles. The van der Waals surface area contributed by atoms with Crippen molar-refractivity contribution in [2.24, 2.45) is 0 Å². The van der Waals surface area contributed by atoms with Gasteiger partial charge in [-0.05, 0) is 37.3 Å². The van der Waals surface area contributed by atoms with Gasteiger partial charge in [0.05, 0.1) is 0 Å². The second-order valence-electron chi connectivity index (χ2n) is 8.71. The Morgan fingerprint density at radius 2 is 1.58 bits per heavy atom. The van der Waals surface area contributed by atoms with Crippen LogP contribution < -0.4 is 21.9 Å². The van der Waals surface area contributed by atoms with E-state index in [1.807, 2.05) is 19.1 Å². The molecule has 1 aliphatic rings. The molecule has 0 fully saturated rings. The molecule has 2 heterocycles. The fourth-order valence-electron chi connectivity index (χ4n) is 4.64. The van der Waals surface area contributed by atoms with E-state index >= 15 is 0 Å². The number of carbonyl (C=O) groups is 3. The summed E-state index contributed by atoms with van der Waals surface area (Å²) in [4.78, 5) is 68.6. The third-order valence-corrected chi connectivity index (χ3v) is 6.46. The van der Waals surface area contributed by atoms with E-state index in [1.54, 1.807) is 31.2 Å². The maximum absolute atomic E-state index is 13.1. The number of nitrogens with two attached hydrogens (primary N) is 1. The molecule has 2 aromatic carbocycles. The van der Waals surface area contributed by atoms with Gasteiger partial charge in [-0.2, -0.15) is 0 Å². The lowest BCUT2D eigenvalue weighted by Crippen LogP contribution is -2.42. The maximum Gasteiger partial charge on any atom is 0.330 e. The van der Waals surface area contributed by atoms with Crippen molar-refractivity contribution in [1.82, 2.24) is 14.5 Å². The molecule has 4 rings (SSSR count). The van der Waals surface area contributed by atoms with Gasteiger partial charge in [-0.15, -0.1) is 0 Å². The highest BCUT2D eigenvalue weighted by Gasteiger charge is 2.32. The summed E-state index contributed by atoms with van der Waals surface area (Å²) in [6.07, 6.45) is 1.69.